The van der Waals surface area contributed by atoms with E-state index in [1.165, 1.54) is 16.4 Å². The van der Waals surface area contributed by atoms with E-state index in [1.807, 2.05) is 0 Å². The number of nitrogens with zero attached hydrogens (tertiary/aromatic N) is 1. The number of nitrogens with one attached hydrogen (secondary N) is 1. The van der Waals surface area contributed by atoms with Gasteiger partial charge in [0.15, 0.2) is 0 Å². The monoisotopic (exact) mass is 507 g/mol. The quantitative estimate of drug-likeness (QED) is 0.271. The Bertz CT molecular complexity index is 798. The molecular formula is C22H24N2PSe2. The van der Waals surface area contributed by atoms with Crippen LogP contribution in [0.25, 0.3) is 0 Å². The Hall–Kier alpha value is -0.951. The van der Waals surface area contributed by atoms with Crippen LogP contribution >= 0.6 is 4.79 Å². The summed E-state index contributed by atoms with van der Waals surface area (Å²) in [5.74, 6) is 0. The van der Waals surface area contributed by atoms with Crippen molar-refractivity contribution < 1.29 is 0 Å². The molecule has 0 aliphatic rings. The fraction of sp³-hybridized carbons (Fsp3) is 0.182. The third-order valence-corrected chi connectivity index (χ3v) is 12.0. The van der Waals surface area contributed by atoms with Crippen LogP contribution in [-0.4, -0.2) is 48.9 Å². The van der Waals surface area contributed by atoms with Gasteiger partial charge in [0.05, 0.1) is 0 Å². The zero-order chi connectivity index (χ0) is 19.0. The molecule has 0 aromatic heterocycles. The summed E-state index contributed by atoms with van der Waals surface area (Å²) in [6.07, 6.45) is 0. The number of hydrogen-bond donors (Lipinski definition) is 1. The van der Waals surface area contributed by atoms with Crippen LogP contribution in [-0.2, 0) is 13.1 Å². The van der Waals surface area contributed by atoms with E-state index < -0.39 is 4.79 Å². The predicted octanol–water partition coefficient (Wildman–Crippen LogP) is 3.70. The molecule has 1 N–H and O–H groups in total. The number of hydrogen-bond acceptors (Lipinski definition) is 2. The molecule has 3 rings (SSSR count). The molecule has 139 valence electrons. The van der Waals surface area contributed by atoms with Crippen LogP contribution in [0.4, 0.5) is 0 Å². The Morgan fingerprint density at radius 3 is 1.89 bits per heavy atom. The van der Waals surface area contributed by atoms with E-state index in [1.54, 1.807) is 0 Å². The van der Waals surface area contributed by atoms with Crippen molar-refractivity contribution in [2.24, 2.45) is 0 Å². The van der Waals surface area contributed by atoms with Crippen molar-refractivity contribution in [3.8, 4) is 0 Å². The molecule has 0 aliphatic heterocycles. The van der Waals surface area contributed by atoms with E-state index >= 15 is 0 Å². The first kappa shape index (κ1) is 20.8. The van der Waals surface area contributed by atoms with Gasteiger partial charge in [-0.15, -0.1) is 0 Å². The molecule has 0 unspecified atom stereocenters. The molecular weight excluding hydrogens is 481 g/mol. The molecule has 0 fully saturated rings. The zero-order valence-corrected chi connectivity index (χ0v) is 19.5. The second-order valence-corrected chi connectivity index (χ2v) is 18.7. The summed E-state index contributed by atoms with van der Waals surface area (Å²) in [5.41, 5.74) is 2.66. The Labute approximate surface area is 179 Å². The van der Waals surface area contributed by atoms with Crippen LogP contribution in [0.1, 0.15) is 11.1 Å². The van der Waals surface area contributed by atoms with Gasteiger partial charge in [0, 0.05) is 0 Å². The molecule has 0 heterocycles. The molecule has 2 nitrogen and oxygen atoms in total. The minimum atomic E-state index is -1.64. The van der Waals surface area contributed by atoms with E-state index in [4.69, 9.17) is 0 Å². The van der Waals surface area contributed by atoms with Gasteiger partial charge >= 0.3 is 180 Å². The van der Waals surface area contributed by atoms with Gasteiger partial charge in [-0.2, -0.15) is 0 Å². The van der Waals surface area contributed by atoms with E-state index in [9.17, 15) is 0 Å². The molecule has 0 amide bonds. The van der Waals surface area contributed by atoms with Gasteiger partial charge in [-0.25, -0.2) is 0 Å². The summed E-state index contributed by atoms with van der Waals surface area (Å²) in [6, 6.07) is 32.0. The van der Waals surface area contributed by atoms with Gasteiger partial charge in [-0.05, 0) is 0 Å². The van der Waals surface area contributed by atoms with Gasteiger partial charge in [-0.1, -0.05) is 0 Å². The number of rotatable bonds is 9. The summed E-state index contributed by atoms with van der Waals surface area (Å²) in [5, 5.41) is 4.94. The average molecular weight is 505 g/mol. The summed E-state index contributed by atoms with van der Waals surface area (Å²) >= 11 is 7.00. The SMILES string of the molecule is [Se][P+]([Se-])(c1ccccc1)N(CCNCc1ccccc1)Cc1ccccc1. The molecule has 0 bridgehead atoms. The molecule has 3 aromatic carbocycles. The van der Waals surface area contributed by atoms with Crippen molar-refractivity contribution in [2.75, 3.05) is 13.1 Å². The third-order valence-electron chi connectivity index (χ3n) is 4.38. The van der Waals surface area contributed by atoms with E-state index in [0.717, 1.165) is 26.2 Å². The molecule has 0 aliphatic carbocycles. The fourth-order valence-corrected chi connectivity index (χ4v) is 7.79. The molecule has 0 saturated heterocycles. The van der Waals surface area contributed by atoms with Crippen molar-refractivity contribution >= 4 is 41.2 Å². The van der Waals surface area contributed by atoms with Gasteiger partial charge < -0.3 is 0 Å². The molecule has 5 heteroatoms. The maximum atomic E-state index is 3.59. The Morgan fingerprint density at radius 1 is 0.778 bits per heavy atom. The molecule has 27 heavy (non-hydrogen) atoms. The first-order valence-electron chi connectivity index (χ1n) is 9.07. The minimum absolute atomic E-state index is 0.900. The summed E-state index contributed by atoms with van der Waals surface area (Å²) in [4.78, 5) is -1.64. The Kier molecular flexibility index (Phi) is 8.12. The van der Waals surface area contributed by atoms with Crippen molar-refractivity contribution in [3.05, 3.63) is 102 Å². The van der Waals surface area contributed by atoms with Gasteiger partial charge in [-0.3, -0.25) is 0 Å². The maximum absolute atomic E-state index is 3.59. The Morgan fingerprint density at radius 2 is 1.30 bits per heavy atom. The fourth-order valence-electron chi connectivity index (χ4n) is 2.91. The van der Waals surface area contributed by atoms with Gasteiger partial charge in [0.1, 0.15) is 0 Å². The molecule has 0 saturated carbocycles. The van der Waals surface area contributed by atoms with Crippen LogP contribution in [0.3, 0.4) is 0 Å². The first-order chi connectivity index (χ1) is 13.2. The van der Waals surface area contributed by atoms with Gasteiger partial charge in [0.25, 0.3) is 0 Å². The van der Waals surface area contributed by atoms with Crippen molar-refractivity contribution in [1.82, 2.24) is 9.99 Å². The van der Waals surface area contributed by atoms with Crippen LogP contribution in [0.2, 0.25) is 0 Å². The van der Waals surface area contributed by atoms with Crippen LogP contribution in [0.15, 0.2) is 91.0 Å². The molecule has 0 spiro atoms. The topological polar surface area (TPSA) is 15.3 Å². The summed E-state index contributed by atoms with van der Waals surface area (Å²) in [6.45, 7) is 3.75. The van der Waals surface area contributed by atoms with Crippen molar-refractivity contribution in [3.63, 3.8) is 0 Å². The van der Waals surface area contributed by atoms with Crippen molar-refractivity contribution in [1.29, 1.82) is 0 Å². The molecule has 1 radical (unpaired) electrons. The van der Waals surface area contributed by atoms with E-state index in [0.29, 0.717) is 0 Å². The van der Waals surface area contributed by atoms with E-state index in [2.05, 4.69) is 132 Å². The second kappa shape index (κ2) is 10.6. The van der Waals surface area contributed by atoms with Crippen LogP contribution in [0.5, 0.6) is 0 Å². The van der Waals surface area contributed by atoms with Gasteiger partial charge in [0.2, 0.25) is 0 Å². The summed E-state index contributed by atoms with van der Waals surface area (Å²) < 4.78 is 2.57. The predicted molar refractivity (Wildman–Crippen MR) is 120 cm³/mol. The molecule has 0 atom stereocenters. The van der Waals surface area contributed by atoms with E-state index in [-0.39, 0.29) is 0 Å². The Balaban J connectivity index is 1.67. The number of benzene rings is 3. The summed E-state index contributed by atoms with van der Waals surface area (Å²) in [7, 11) is 0. The third kappa shape index (κ3) is 6.28. The van der Waals surface area contributed by atoms with Crippen molar-refractivity contribution in [2.45, 2.75) is 13.1 Å². The van der Waals surface area contributed by atoms with Crippen LogP contribution < -0.4 is 10.6 Å². The van der Waals surface area contributed by atoms with Crippen LogP contribution in [0, 0.1) is 0 Å². The first-order valence-corrected chi connectivity index (χ1v) is 15.2. The molecule has 3 aromatic rings. The normalized spacial score (nSPS) is 13.4. The standard InChI is InChI=1S/C22H24N2PSe2/c26-25(27,22-14-8-3-9-15-22)24(19-21-12-6-2-7-13-21)17-16-23-18-20-10-4-1-5-11-20/h1-15,23H,16-19H2. The zero-order valence-electron chi connectivity index (χ0n) is 15.2. The second-order valence-electron chi connectivity index (χ2n) is 6.39. The average Bonchev–Trinajstić information content (AvgIpc) is 2.72.